The predicted molar refractivity (Wildman–Crippen MR) is 99.0 cm³/mol. The molecule has 1 aromatic carbocycles. The molecule has 1 aliphatic rings. The maximum Gasteiger partial charge on any atom is 0.338 e. The molecule has 2 rings (SSSR count). The minimum atomic E-state index is -3.41. The van der Waals surface area contributed by atoms with E-state index in [1.54, 1.807) is 32.9 Å². The molecule has 0 spiro atoms. The fourth-order valence-corrected chi connectivity index (χ4v) is 4.17. The third kappa shape index (κ3) is 5.19. The number of amides is 3. The van der Waals surface area contributed by atoms with Crippen LogP contribution in [0.4, 0.5) is 10.5 Å². The van der Waals surface area contributed by atoms with E-state index in [0.29, 0.717) is 17.7 Å². The van der Waals surface area contributed by atoms with E-state index in [0.717, 1.165) is 6.26 Å². The molecule has 2 N–H and O–H groups in total. The molecular weight excluding hydrogens is 374 g/mol. The largest absolute Gasteiger partial charge is 0.452 e. The van der Waals surface area contributed by atoms with Crippen LogP contribution in [-0.4, -0.2) is 51.3 Å². The Balaban J connectivity index is 2.00. The van der Waals surface area contributed by atoms with Crippen LogP contribution in [0.15, 0.2) is 18.2 Å². The first-order valence-corrected chi connectivity index (χ1v) is 10.2. The van der Waals surface area contributed by atoms with Gasteiger partial charge in [0.25, 0.3) is 5.91 Å². The summed E-state index contributed by atoms with van der Waals surface area (Å²) >= 11 is 0. The Morgan fingerprint density at radius 1 is 1.30 bits per heavy atom. The van der Waals surface area contributed by atoms with Gasteiger partial charge in [-0.05, 0) is 51.0 Å². The maximum absolute atomic E-state index is 12.1. The molecule has 1 aromatic rings. The molecule has 3 amide bonds. The zero-order chi connectivity index (χ0) is 20.4. The molecule has 148 valence electrons. The number of nitrogens with one attached hydrogen (secondary N) is 2. The van der Waals surface area contributed by atoms with Gasteiger partial charge in [0, 0.05) is 12.1 Å². The van der Waals surface area contributed by atoms with E-state index < -0.39 is 34.5 Å². The summed E-state index contributed by atoms with van der Waals surface area (Å²) in [7, 11) is -3.41. The lowest BCUT2D eigenvalue weighted by Crippen LogP contribution is -2.44. The Hall–Kier alpha value is -2.62. The van der Waals surface area contributed by atoms with Crippen LogP contribution in [0, 0.1) is 0 Å². The second-order valence-electron chi connectivity index (χ2n) is 6.71. The number of carbonyl (C=O) groups excluding carboxylic acids is 3. The molecule has 10 heteroatoms. The van der Waals surface area contributed by atoms with Gasteiger partial charge in [-0.15, -0.1) is 0 Å². The van der Waals surface area contributed by atoms with Crippen LogP contribution in [0.2, 0.25) is 0 Å². The molecule has 1 atom stereocenters. The number of ether oxygens (including phenoxy) is 1. The number of hydrogen-bond donors (Lipinski definition) is 2. The van der Waals surface area contributed by atoms with Gasteiger partial charge in [-0.2, -0.15) is 0 Å². The Morgan fingerprint density at radius 2 is 1.96 bits per heavy atom. The van der Waals surface area contributed by atoms with Crippen molar-refractivity contribution in [3.05, 3.63) is 29.3 Å². The highest BCUT2D eigenvalue weighted by atomic mass is 32.2. The molecule has 0 fully saturated rings. The molecule has 0 saturated carbocycles. The average Bonchev–Trinajstić information content (AvgIpc) is 2.86. The zero-order valence-corrected chi connectivity index (χ0v) is 16.4. The summed E-state index contributed by atoms with van der Waals surface area (Å²) in [4.78, 5) is 35.2. The maximum atomic E-state index is 12.1. The topological polar surface area (TPSA) is 122 Å². The third-order valence-corrected chi connectivity index (χ3v) is 5.10. The summed E-state index contributed by atoms with van der Waals surface area (Å²) in [5, 5.41) is 4.52. The predicted octanol–water partition coefficient (Wildman–Crippen LogP) is 0.788. The van der Waals surface area contributed by atoms with Crippen molar-refractivity contribution in [3.8, 4) is 0 Å². The highest BCUT2D eigenvalue weighted by molar-refractivity contribution is 7.92. The highest BCUT2D eigenvalue weighted by Gasteiger charge is 2.33. The van der Waals surface area contributed by atoms with Crippen LogP contribution in [0.1, 0.15) is 36.7 Å². The number of carbonyl (C=O) groups is 3. The fraction of sp³-hybridized carbons (Fsp3) is 0.471. The molecule has 27 heavy (non-hydrogen) atoms. The normalized spacial score (nSPS) is 16.0. The second-order valence-corrected chi connectivity index (χ2v) is 8.57. The lowest BCUT2D eigenvalue weighted by molar-refractivity contribution is -0.123. The molecular formula is C17H23N3O6S. The lowest BCUT2D eigenvalue weighted by atomic mass is 10.1. The number of hydrogen-bond acceptors (Lipinski definition) is 6. The van der Waals surface area contributed by atoms with E-state index in [9.17, 15) is 22.8 Å². The molecule has 0 saturated heterocycles. The van der Waals surface area contributed by atoms with Gasteiger partial charge in [0.2, 0.25) is 10.0 Å². The van der Waals surface area contributed by atoms with Gasteiger partial charge in [-0.1, -0.05) is 0 Å². The summed E-state index contributed by atoms with van der Waals surface area (Å²) in [5.41, 5.74) is 1.45. The second kappa shape index (κ2) is 7.95. The number of anilines is 1. The van der Waals surface area contributed by atoms with Crippen molar-refractivity contribution in [2.75, 3.05) is 17.2 Å². The number of sulfonamides is 1. The fourth-order valence-electron chi connectivity index (χ4n) is 2.91. The number of fused-ring (bicyclic) bond motifs is 1. The molecule has 1 heterocycles. The SMILES string of the molecule is CC(C)NC(=O)NC(=O)COC(=O)c1ccc2c(c1)C[C@@H](C)N2S(C)(=O)=O. The van der Waals surface area contributed by atoms with Crippen LogP contribution < -0.4 is 14.9 Å². The average molecular weight is 397 g/mol. The zero-order valence-electron chi connectivity index (χ0n) is 15.6. The van der Waals surface area contributed by atoms with Crippen LogP contribution in [0.25, 0.3) is 0 Å². The van der Waals surface area contributed by atoms with Crippen molar-refractivity contribution in [1.82, 2.24) is 10.6 Å². The van der Waals surface area contributed by atoms with E-state index in [1.165, 1.54) is 10.4 Å². The summed E-state index contributed by atoms with van der Waals surface area (Å²) in [6, 6.07) is 3.50. The minimum absolute atomic E-state index is 0.138. The van der Waals surface area contributed by atoms with Gasteiger partial charge >= 0.3 is 12.0 Å². The minimum Gasteiger partial charge on any atom is -0.452 e. The van der Waals surface area contributed by atoms with Crippen LogP contribution in [0.5, 0.6) is 0 Å². The van der Waals surface area contributed by atoms with Crippen LogP contribution in [-0.2, 0) is 26.0 Å². The number of benzene rings is 1. The van der Waals surface area contributed by atoms with Gasteiger partial charge in [-0.3, -0.25) is 14.4 Å². The quantitative estimate of drug-likeness (QED) is 0.709. The molecule has 0 aliphatic carbocycles. The number of urea groups is 1. The van der Waals surface area contributed by atoms with Gasteiger partial charge in [0.15, 0.2) is 6.61 Å². The Morgan fingerprint density at radius 3 is 2.56 bits per heavy atom. The van der Waals surface area contributed by atoms with Gasteiger partial charge in [0.1, 0.15) is 0 Å². The third-order valence-electron chi connectivity index (χ3n) is 3.83. The van der Waals surface area contributed by atoms with Gasteiger partial charge in [0.05, 0.1) is 17.5 Å². The Kier molecular flexibility index (Phi) is 6.09. The molecule has 9 nitrogen and oxygen atoms in total. The molecule has 0 radical (unpaired) electrons. The molecule has 0 aromatic heterocycles. The molecule has 0 unspecified atom stereocenters. The Bertz CT molecular complexity index is 865. The van der Waals surface area contributed by atoms with Crippen molar-refractivity contribution in [2.24, 2.45) is 0 Å². The number of nitrogens with zero attached hydrogens (tertiary/aromatic N) is 1. The van der Waals surface area contributed by atoms with Crippen molar-refractivity contribution in [3.63, 3.8) is 0 Å². The van der Waals surface area contributed by atoms with Crippen molar-refractivity contribution < 1.29 is 27.5 Å². The van der Waals surface area contributed by atoms with E-state index in [-0.39, 0.29) is 17.6 Å². The van der Waals surface area contributed by atoms with Gasteiger partial charge in [-0.25, -0.2) is 18.0 Å². The highest BCUT2D eigenvalue weighted by Crippen LogP contribution is 2.34. The molecule has 1 aliphatic heterocycles. The van der Waals surface area contributed by atoms with Crippen molar-refractivity contribution in [1.29, 1.82) is 0 Å². The van der Waals surface area contributed by atoms with E-state index >= 15 is 0 Å². The van der Waals surface area contributed by atoms with Crippen molar-refractivity contribution in [2.45, 2.75) is 39.3 Å². The molecule has 0 bridgehead atoms. The first-order chi connectivity index (χ1) is 12.5. The summed E-state index contributed by atoms with van der Waals surface area (Å²) in [6.07, 6.45) is 1.61. The standard InChI is InChI=1S/C17H23N3O6S/c1-10(2)18-17(23)19-15(21)9-26-16(22)12-5-6-14-13(8-12)7-11(3)20(14)27(4,24)25/h5-6,8,10-11H,7,9H2,1-4H3,(H2,18,19,21,23)/t11-/m1/s1. The van der Waals surface area contributed by atoms with Crippen molar-refractivity contribution >= 4 is 33.6 Å². The smallest absolute Gasteiger partial charge is 0.338 e. The number of rotatable bonds is 5. The lowest BCUT2D eigenvalue weighted by Gasteiger charge is -2.21. The number of esters is 1. The van der Waals surface area contributed by atoms with Gasteiger partial charge < -0.3 is 10.1 Å². The first-order valence-electron chi connectivity index (χ1n) is 8.39. The first kappa shape index (κ1) is 20.7. The van der Waals surface area contributed by atoms with E-state index in [2.05, 4.69) is 5.32 Å². The van der Waals surface area contributed by atoms with Crippen LogP contribution >= 0.6 is 0 Å². The van der Waals surface area contributed by atoms with E-state index in [4.69, 9.17) is 4.74 Å². The van der Waals surface area contributed by atoms with E-state index in [1.807, 2.05) is 5.32 Å². The summed E-state index contributed by atoms with van der Waals surface area (Å²) in [5.74, 6) is -1.48. The monoisotopic (exact) mass is 397 g/mol. The summed E-state index contributed by atoms with van der Waals surface area (Å²) in [6.45, 7) is 4.66. The Labute approximate surface area is 158 Å². The summed E-state index contributed by atoms with van der Waals surface area (Å²) < 4.78 is 30.1. The van der Waals surface area contributed by atoms with Crippen LogP contribution in [0.3, 0.4) is 0 Å². The number of imide groups is 1.